The molecule has 0 spiro atoms. The predicted molar refractivity (Wildman–Crippen MR) is 139 cm³/mol. The van der Waals surface area contributed by atoms with Gasteiger partial charge < -0.3 is 31.1 Å². The summed E-state index contributed by atoms with van der Waals surface area (Å²) in [5.41, 5.74) is -1.13. The van der Waals surface area contributed by atoms with E-state index in [4.69, 9.17) is 5.73 Å². The van der Waals surface area contributed by atoms with Crippen molar-refractivity contribution in [2.45, 2.75) is 69.7 Å². The van der Waals surface area contributed by atoms with Crippen LogP contribution < -0.4 is 5.73 Å². The second-order valence-electron chi connectivity index (χ2n) is 11.9. The van der Waals surface area contributed by atoms with E-state index < -0.39 is 93.5 Å². The molecule has 3 atom stereocenters. The zero-order valence-corrected chi connectivity index (χ0v) is 22.6. The van der Waals surface area contributed by atoms with Crippen molar-refractivity contribution in [2.24, 2.45) is 23.5 Å². The summed E-state index contributed by atoms with van der Waals surface area (Å²) in [6, 6.07) is 0.947. The molecule has 4 aliphatic carbocycles. The van der Waals surface area contributed by atoms with E-state index in [-0.39, 0.29) is 24.1 Å². The molecule has 9 nitrogen and oxygen atoms in total. The molecule has 222 valence electrons. The summed E-state index contributed by atoms with van der Waals surface area (Å²) in [5, 5.41) is 44.0. The van der Waals surface area contributed by atoms with Crippen LogP contribution >= 0.6 is 0 Å². The number of benzene rings is 1. The van der Waals surface area contributed by atoms with E-state index in [1.807, 2.05) is 0 Å². The molecule has 0 radical (unpaired) electrons. The van der Waals surface area contributed by atoms with Gasteiger partial charge in [-0.05, 0) is 61.8 Å². The Hall–Kier alpha value is -3.38. The number of Topliss-reactive ketones (excluding diaryl/α,β-unsaturated/α-hetero) is 2. The molecule has 0 heterocycles. The SMILES string of the molecule is CN(Cc1cc(O)c2c(c1C(F)(F)F)CC1C[C@H]3CC(=O)C(C(N)=O)=C(O)[C@@]3(O)C(=O)C1=C2O)CC1CCCCC1. The summed E-state index contributed by atoms with van der Waals surface area (Å²) < 4.78 is 43.9. The van der Waals surface area contributed by atoms with Crippen LogP contribution in [0.4, 0.5) is 13.2 Å². The van der Waals surface area contributed by atoms with Crippen LogP contribution in [-0.4, -0.2) is 62.0 Å². The number of amides is 1. The standard InChI is InChI=1S/C29H33F3N2O7/c1-34(11-13-5-3-2-4-6-13)12-15-9-18(35)21-17(23(15)29(30,31)32)8-14-7-16-10-19(36)22(27(33)40)26(39)28(16,41)25(38)20(14)24(21)37/h9,13-14,16,35,37,39,41H,2-8,10-12H2,1H3,(H2,33,40)/t14?,16-,28-/m0/s1. The Bertz CT molecular complexity index is 1390. The zero-order valence-electron chi connectivity index (χ0n) is 22.6. The number of carbonyl (C=O) groups is 3. The lowest BCUT2D eigenvalue weighted by Crippen LogP contribution is -2.58. The first-order chi connectivity index (χ1) is 19.2. The average molecular weight is 579 g/mol. The Labute approximate surface area is 234 Å². The van der Waals surface area contributed by atoms with Crippen LogP contribution in [0.15, 0.2) is 23.0 Å². The second-order valence-corrected chi connectivity index (χ2v) is 11.9. The maximum absolute atomic E-state index is 14.6. The van der Waals surface area contributed by atoms with Gasteiger partial charge in [-0.15, -0.1) is 0 Å². The van der Waals surface area contributed by atoms with Gasteiger partial charge in [0.05, 0.1) is 11.1 Å². The number of aliphatic hydroxyl groups excluding tert-OH is 2. The maximum atomic E-state index is 14.6. The molecule has 1 amide bonds. The smallest absolute Gasteiger partial charge is 0.417 e. The minimum Gasteiger partial charge on any atom is -0.508 e. The predicted octanol–water partition coefficient (Wildman–Crippen LogP) is 3.45. The molecule has 1 aromatic rings. The van der Waals surface area contributed by atoms with Gasteiger partial charge in [0.15, 0.2) is 11.4 Å². The van der Waals surface area contributed by atoms with E-state index >= 15 is 0 Å². The molecular weight excluding hydrogens is 545 g/mol. The third-order valence-corrected chi connectivity index (χ3v) is 9.17. The fourth-order valence-corrected chi connectivity index (χ4v) is 7.40. The number of ketones is 2. The van der Waals surface area contributed by atoms with E-state index in [2.05, 4.69) is 0 Å². The van der Waals surface area contributed by atoms with Gasteiger partial charge in [-0.25, -0.2) is 0 Å². The third kappa shape index (κ3) is 4.70. The van der Waals surface area contributed by atoms with Crippen molar-refractivity contribution in [3.63, 3.8) is 0 Å². The van der Waals surface area contributed by atoms with Crippen molar-refractivity contribution < 1.29 is 48.0 Å². The Morgan fingerprint density at radius 2 is 1.78 bits per heavy atom. The highest BCUT2D eigenvalue weighted by Crippen LogP contribution is 2.54. The van der Waals surface area contributed by atoms with Gasteiger partial charge >= 0.3 is 6.18 Å². The number of fused-ring (bicyclic) bond motifs is 3. The van der Waals surface area contributed by atoms with Gasteiger partial charge in [-0.1, -0.05) is 19.3 Å². The van der Waals surface area contributed by atoms with Crippen molar-refractivity contribution in [3.05, 3.63) is 45.2 Å². The molecule has 2 fully saturated rings. The van der Waals surface area contributed by atoms with Gasteiger partial charge in [0.1, 0.15) is 22.8 Å². The molecule has 12 heteroatoms. The molecular formula is C29H33F3N2O7. The van der Waals surface area contributed by atoms with Gasteiger partial charge in [0.25, 0.3) is 5.91 Å². The molecule has 1 aromatic carbocycles. The minimum atomic E-state index is -4.85. The number of aromatic hydroxyl groups is 1. The summed E-state index contributed by atoms with van der Waals surface area (Å²) in [6.07, 6.45) is -0.731. The molecule has 0 aromatic heterocycles. The highest BCUT2D eigenvalue weighted by molar-refractivity contribution is 6.22. The van der Waals surface area contributed by atoms with Crippen LogP contribution in [0.3, 0.4) is 0 Å². The minimum absolute atomic E-state index is 0.0987. The van der Waals surface area contributed by atoms with Crippen LogP contribution in [0.2, 0.25) is 0 Å². The number of halogens is 3. The molecule has 0 saturated heterocycles. The van der Waals surface area contributed by atoms with Crippen molar-refractivity contribution >= 4 is 23.2 Å². The van der Waals surface area contributed by atoms with Gasteiger partial charge in [0.2, 0.25) is 5.78 Å². The van der Waals surface area contributed by atoms with E-state index in [0.717, 1.165) is 38.2 Å². The summed E-state index contributed by atoms with van der Waals surface area (Å²) in [4.78, 5) is 39.6. The number of alkyl halides is 3. The first kappa shape index (κ1) is 29.1. The maximum Gasteiger partial charge on any atom is 0.417 e. The van der Waals surface area contributed by atoms with E-state index in [1.165, 1.54) is 0 Å². The Morgan fingerprint density at radius 1 is 1.12 bits per heavy atom. The van der Waals surface area contributed by atoms with Gasteiger partial charge in [0, 0.05) is 31.0 Å². The second kappa shape index (κ2) is 10.2. The van der Waals surface area contributed by atoms with Crippen molar-refractivity contribution in [2.75, 3.05) is 13.6 Å². The number of phenols is 1. The van der Waals surface area contributed by atoms with Gasteiger partial charge in [-0.3, -0.25) is 14.4 Å². The summed E-state index contributed by atoms with van der Waals surface area (Å²) in [7, 11) is 1.72. The van der Waals surface area contributed by atoms with Crippen molar-refractivity contribution in [3.8, 4) is 5.75 Å². The molecule has 0 aliphatic heterocycles. The van der Waals surface area contributed by atoms with Crippen LogP contribution in [0.25, 0.3) is 5.76 Å². The highest BCUT2D eigenvalue weighted by Gasteiger charge is 2.60. The van der Waals surface area contributed by atoms with Crippen molar-refractivity contribution in [1.82, 2.24) is 4.90 Å². The monoisotopic (exact) mass is 578 g/mol. The molecule has 1 unspecified atom stereocenters. The number of aliphatic hydroxyl groups is 3. The normalized spacial score (nSPS) is 27.2. The first-order valence-electron chi connectivity index (χ1n) is 13.8. The molecule has 6 N–H and O–H groups in total. The van der Waals surface area contributed by atoms with E-state index in [1.54, 1.807) is 11.9 Å². The lowest BCUT2D eigenvalue weighted by molar-refractivity contribution is -0.147. The third-order valence-electron chi connectivity index (χ3n) is 9.17. The number of carbonyl (C=O) groups excluding carboxylic acids is 3. The average Bonchev–Trinajstić information content (AvgIpc) is 2.85. The lowest BCUT2D eigenvalue weighted by atomic mass is 9.59. The number of rotatable bonds is 5. The molecule has 5 rings (SSSR count). The summed E-state index contributed by atoms with van der Waals surface area (Å²) in [5.74, 6) is -8.29. The Kier molecular flexibility index (Phi) is 7.22. The van der Waals surface area contributed by atoms with Crippen LogP contribution in [0.5, 0.6) is 5.75 Å². The molecule has 41 heavy (non-hydrogen) atoms. The number of phenolic OH excluding ortho intramolecular Hbond substituents is 1. The fraction of sp³-hybridized carbons (Fsp3) is 0.552. The number of nitrogens with zero attached hydrogens (tertiary/aromatic N) is 1. The van der Waals surface area contributed by atoms with Crippen LogP contribution in [-0.2, 0) is 33.5 Å². The Morgan fingerprint density at radius 3 is 2.39 bits per heavy atom. The lowest BCUT2D eigenvalue weighted by Gasteiger charge is -2.46. The number of hydrogen-bond acceptors (Lipinski definition) is 8. The van der Waals surface area contributed by atoms with E-state index in [0.29, 0.717) is 12.5 Å². The summed E-state index contributed by atoms with van der Waals surface area (Å²) >= 11 is 0. The van der Waals surface area contributed by atoms with Gasteiger partial charge in [-0.2, -0.15) is 13.2 Å². The number of nitrogens with two attached hydrogens (primary N) is 1. The topological polar surface area (TPSA) is 161 Å². The zero-order chi connectivity index (χ0) is 30.0. The quantitative estimate of drug-likeness (QED) is 0.332. The molecule has 4 aliphatic rings. The summed E-state index contributed by atoms with van der Waals surface area (Å²) in [6.45, 7) is 0.499. The van der Waals surface area contributed by atoms with E-state index in [9.17, 15) is 48.0 Å². The van der Waals surface area contributed by atoms with Crippen molar-refractivity contribution in [1.29, 1.82) is 0 Å². The Balaban J connectivity index is 1.59. The fourth-order valence-electron chi connectivity index (χ4n) is 7.40. The van der Waals surface area contributed by atoms with Crippen LogP contribution in [0.1, 0.15) is 67.2 Å². The molecule has 0 bridgehead atoms. The highest BCUT2D eigenvalue weighted by atomic mass is 19.4. The molecule has 2 saturated carbocycles. The first-order valence-corrected chi connectivity index (χ1v) is 13.8. The van der Waals surface area contributed by atoms with Crippen LogP contribution in [0, 0.1) is 17.8 Å². The largest absolute Gasteiger partial charge is 0.508 e. The number of hydrogen-bond donors (Lipinski definition) is 5. The number of primary amides is 1.